The van der Waals surface area contributed by atoms with Crippen LogP contribution in [-0.2, 0) is 20.8 Å². The molecule has 0 bridgehead atoms. The van der Waals surface area contributed by atoms with E-state index < -0.39 is 5.60 Å². The van der Waals surface area contributed by atoms with Crippen LogP contribution in [0.25, 0.3) is 22.3 Å². The van der Waals surface area contributed by atoms with Gasteiger partial charge in [0.05, 0.1) is 12.3 Å². The Hall–Kier alpha value is -2.64. The fraction of sp³-hybridized carbons (Fsp3) is 0.500. The SMILES string of the molecule is Cc1cc(-c2nc(Cl)nc3c2ccn3CC(=O)OC(C)(C)C)ccc1OCCC1CCOCC1. The van der Waals surface area contributed by atoms with Crippen molar-refractivity contribution in [2.75, 3.05) is 19.8 Å². The van der Waals surface area contributed by atoms with Crippen molar-refractivity contribution in [2.24, 2.45) is 5.92 Å². The molecule has 8 heteroatoms. The van der Waals surface area contributed by atoms with Gasteiger partial charge in [-0.25, -0.2) is 4.98 Å². The van der Waals surface area contributed by atoms with Crippen LogP contribution in [0, 0.1) is 12.8 Å². The first-order valence-electron chi connectivity index (χ1n) is 11.8. The Labute approximate surface area is 205 Å². The minimum atomic E-state index is -0.552. The predicted octanol–water partition coefficient (Wildman–Crippen LogP) is 5.60. The third kappa shape index (κ3) is 6.07. The van der Waals surface area contributed by atoms with Gasteiger partial charge in [0.25, 0.3) is 0 Å². The molecule has 34 heavy (non-hydrogen) atoms. The normalized spacial score (nSPS) is 15.0. The lowest BCUT2D eigenvalue weighted by molar-refractivity contribution is -0.155. The summed E-state index contributed by atoms with van der Waals surface area (Å²) in [5, 5.41) is 0.946. The maximum absolute atomic E-state index is 12.3. The number of hydrogen-bond acceptors (Lipinski definition) is 6. The first kappa shape index (κ1) is 24.5. The quantitative estimate of drug-likeness (QED) is 0.320. The Morgan fingerprint density at radius 1 is 1.21 bits per heavy atom. The lowest BCUT2D eigenvalue weighted by Crippen LogP contribution is -2.26. The second-order valence-electron chi connectivity index (χ2n) is 9.78. The number of hydrogen-bond donors (Lipinski definition) is 0. The van der Waals surface area contributed by atoms with Crippen LogP contribution in [0.4, 0.5) is 0 Å². The van der Waals surface area contributed by atoms with E-state index in [9.17, 15) is 4.79 Å². The number of carbonyl (C=O) groups is 1. The number of carbonyl (C=O) groups excluding carboxylic acids is 1. The molecule has 2 aromatic heterocycles. The second-order valence-corrected chi connectivity index (χ2v) is 10.1. The topological polar surface area (TPSA) is 75.5 Å². The van der Waals surface area contributed by atoms with Crippen LogP contribution >= 0.6 is 11.6 Å². The molecule has 0 saturated carbocycles. The molecule has 1 fully saturated rings. The van der Waals surface area contributed by atoms with Crippen molar-refractivity contribution in [3.8, 4) is 17.0 Å². The third-order valence-corrected chi connectivity index (χ3v) is 6.05. The summed E-state index contributed by atoms with van der Waals surface area (Å²) in [7, 11) is 0. The zero-order chi connectivity index (χ0) is 24.3. The number of fused-ring (bicyclic) bond motifs is 1. The largest absolute Gasteiger partial charge is 0.493 e. The van der Waals surface area contributed by atoms with Crippen molar-refractivity contribution in [2.45, 2.75) is 59.1 Å². The highest BCUT2D eigenvalue weighted by Crippen LogP contribution is 2.31. The van der Waals surface area contributed by atoms with E-state index in [1.54, 1.807) is 4.57 Å². The number of esters is 1. The summed E-state index contributed by atoms with van der Waals surface area (Å²) in [4.78, 5) is 21.2. The first-order chi connectivity index (χ1) is 16.2. The fourth-order valence-electron chi connectivity index (χ4n) is 4.23. The van der Waals surface area contributed by atoms with Crippen LogP contribution in [0.3, 0.4) is 0 Å². The second kappa shape index (κ2) is 10.3. The molecule has 4 rings (SSSR count). The van der Waals surface area contributed by atoms with Crippen molar-refractivity contribution in [1.29, 1.82) is 0 Å². The van der Waals surface area contributed by atoms with Crippen LogP contribution in [0.2, 0.25) is 5.28 Å². The predicted molar refractivity (Wildman–Crippen MR) is 132 cm³/mol. The maximum atomic E-state index is 12.3. The summed E-state index contributed by atoms with van der Waals surface area (Å²) in [5.74, 6) is 1.21. The van der Waals surface area contributed by atoms with Gasteiger partial charge < -0.3 is 18.8 Å². The van der Waals surface area contributed by atoms with Gasteiger partial charge in [-0.3, -0.25) is 4.79 Å². The monoisotopic (exact) mass is 485 g/mol. The van der Waals surface area contributed by atoms with E-state index in [2.05, 4.69) is 9.97 Å². The Balaban J connectivity index is 1.52. The van der Waals surface area contributed by atoms with E-state index in [1.165, 1.54) is 0 Å². The molecule has 1 aliphatic heterocycles. The Kier molecular flexibility index (Phi) is 7.43. The molecule has 7 nitrogen and oxygen atoms in total. The minimum absolute atomic E-state index is 0.0481. The van der Waals surface area contributed by atoms with Gasteiger partial charge in [0.2, 0.25) is 5.28 Å². The van der Waals surface area contributed by atoms with Crippen LogP contribution < -0.4 is 4.74 Å². The Morgan fingerprint density at radius 2 is 1.97 bits per heavy atom. The number of aryl methyl sites for hydroxylation is 1. The van der Waals surface area contributed by atoms with Gasteiger partial charge in [-0.2, -0.15) is 4.98 Å². The van der Waals surface area contributed by atoms with E-state index in [0.717, 1.165) is 60.4 Å². The van der Waals surface area contributed by atoms with E-state index in [0.29, 0.717) is 18.2 Å². The molecule has 0 spiro atoms. The number of aromatic nitrogens is 3. The summed E-state index contributed by atoms with van der Waals surface area (Å²) in [6.07, 6.45) is 5.07. The minimum Gasteiger partial charge on any atom is -0.493 e. The summed E-state index contributed by atoms with van der Waals surface area (Å²) in [5.41, 5.74) is 2.70. The Bertz CT molecular complexity index is 1160. The fourth-order valence-corrected chi connectivity index (χ4v) is 4.39. The summed E-state index contributed by atoms with van der Waals surface area (Å²) in [6, 6.07) is 7.92. The average molecular weight is 486 g/mol. The number of rotatable bonds is 7. The van der Waals surface area contributed by atoms with Crippen LogP contribution in [0.15, 0.2) is 30.5 Å². The highest BCUT2D eigenvalue weighted by molar-refractivity contribution is 6.28. The van der Waals surface area contributed by atoms with Gasteiger partial charge in [0.1, 0.15) is 23.5 Å². The summed E-state index contributed by atoms with van der Waals surface area (Å²) in [6.45, 7) is 10.0. The molecular weight excluding hydrogens is 454 g/mol. The molecule has 0 atom stereocenters. The van der Waals surface area contributed by atoms with E-state index >= 15 is 0 Å². The first-order valence-corrected chi connectivity index (χ1v) is 12.1. The lowest BCUT2D eigenvalue weighted by atomic mass is 9.97. The van der Waals surface area contributed by atoms with Crippen molar-refractivity contribution in [1.82, 2.24) is 14.5 Å². The number of benzene rings is 1. The molecule has 1 aliphatic rings. The third-order valence-electron chi connectivity index (χ3n) is 5.88. The average Bonchev–Trinajstić information content (AvgIpc) is 3.16. The molecule has 0 amide bonds. The van der Waals surface area contributed by atoms with E-state index in [1.807, 2.05) is 58.2 Å². The molecule has 0 radical (unpaired) electrons. The van der Waals surface area contributed by atoms with Crippen molar-refractivity contribution >= 4 is 28.6 Å². The highest BCUT2D eigenvalue weighted by Gasteiger charge is 2.19. The zero-order valence-corrected chi connectivity index (χ0v) is 21.0. The number of nitrogens with zero attached hydrogens (tertiary/aromatic N) is 3. The van der Waals surface area contributed by atoms with Crippen LogP contribution in [0.5, 0.6) is 5.75 Å². The van der Waals surface area contributed by atoms with Crippen LogP contribution in [0.1, 0.15) is 45.6 Å². The Morgan fingerprint density at radius 3 is 2.68 bits per heavy atom. The molecule has 182 valence electrons. The molecule has 0 unspecified atom stereocenters. The van der Waals surface area contributed by atoms with Crippen molar-refractivity contribution in [3.05, 3.63) is 41.3 Å². The van der Waals surface area contributed by atoms with Gasteiger partial charge in [-0.1, -0.05) is 0 Å². The molecule has 1 saturated heterocycles. The standard InChI is InChI=1S/C26H32ClN3O4/c1-17-15-19(5-6-21(17)33-14-10-18-8-12-32-13-9-18)23-20-7-11-30(24(20)29-25(27)28-23)16-22(31)34-26(2,3)4/h5-7,11,15,18H,8-10,12-14,16H2,1-4H3. The summed E-state index contributed by atoms with van der Waals surface area (Å²) < 4.78 is 18.7. The molecule has 0 N–H and O–H groups in total. The lowest BCUT2D eigenvalue weighted by Gasteiger charge is -2.22. The molecule has 3 aromatic rings. The number of ether oxygens (including phenoxy) is 3. The zero-order valence-electron chi connectivity index (χ0n) is 20.3. The van der Waals surface area contributed by atoms with Gasteiger partial charge in [-0.15, -0.1) is 0 Å². The van der Waals surface area contributed by atoms with E-state index in [4.69, 9.17) is 25.8 Å². The van der Waals surface area contributed by atoms with Gasteiger partial charge in [0, 0.05) is 30.4 Å². The van der Waals surface area contributed by atoms with Gasteiger partial charge in [0.15, 0.2) is 0 Å². The number of halogens is 1. The highest BCUT2D eigenvalue weighted by atomic mass is 35.5. The molecule has 1 aromatic carbocycles. The van der Waals surface area contributed by atoms with Crippen molar-refractivity contribution < 1.29 is 19.0 Å². The van der Waals surface area contributed by atoms with Crippen LogP contribution in [-0.4, -0.2) is 45.9 Å². The van der Waals surface area contributed by atoms with E-state index in [-0.39, 0.29) is 17.8 Å². The molecular formula is C26H32ClN3O4. The van der Waals surface area contributed by atoms with Gasteiger partial charge >= 0.3 is 5.97 Å². The summed E-state index contributed by atoms with van der Waals surface area (Å²) >= 11 is 6.27. The molecule has 3 heterocycles. The van der Waals surface area contributed by atoms with Gasteiger partial charge in [-0.05, 0) is 94.3 Å². The molecule has 0 aliphatic carbocycles. The van der Waals surface area contributed by atoms with Crippen molar-refractivity contribution in [3.63, 3.8) is 0 Å². The smallest absolute Gasteiger partial charge is 0.326 e. The maximum Gasteiger partial charge on any atom is 0.326 e.